The Hall–Kier alpha value is -2.12. The maximum absolute atomic E-state index is 10.7. The van der Waals surface area contributed by atoms with Crippen molar-refractivity contribution in [3.63, 3.8) is 0 Å². The Labute approximate surface area is 101 Å². The van der Waals surface area contributed by atoms with Gasteiger partial charge in [-0.3, -0.25) is 16.0 Å². The highest BCUT2D eigenvalue weighted by Crippen LogP contribution is 2.27. The Morgan fingerprint density at radius 1 is 1.24 bits per heavy atom. The summed E-state index contributed by atoms with van der Waals surface area (Å²) in [6.07, 6.45) is 0. The summed E-state index contributed by atoms with van der Waals surface area (Å²) in [4.78, 5) is 10.3. The number of hydrogen-bond acceptors (Lipinski definition) is 6. The molecule has 1 aromatic heterocycles. The average Bonchev–Trinajstić information content (AvgIpc) is 2.81. The first-order valence-corrected chi connectivity index (χ1v) is 5.68. The summed E-state index contributed by atoms with van der Waals surface area (Å²) < 4.78 is 0. The minimum absolute atomic E-state index is 0.0156. The van der Waals surface area contributed by atoms with Gasteiger partial charge >= 0.3 is 0 Å². The fourth-order valence-electron chi connectivity index (χ4n) is 1.37. The molecule has 7 heteroatoms. The zero-order valence-electron chi connectivity index (χ0n) is 8.71. The van der Waals surface area contributed by atoms with Crippen molar-refractivity contribution < 1.29 is 4.92 Å². The molecule has 0 spiro atoms. The first-order chi connectivity index (χ1) is 8.19. The van der Waals surface area contributed by atoms with E-state index in [-0.39, 0.29) is 5.69 Å². The van der Waals surface area contributed by atoms with E-state index in [2.05, 4.69) is 10.7 Å². The number of hydrogen-bond donors (Lipinski definition) is 3. The van der Waals surface area contributed by atoms with E-state index in [9.17, 15) is 10.1 Å². The number of anilines is 3. The second-order valence-corrected chi connectivity index (χ2v) is 4.09. The number of hydrazine groups is 1. The molecule has 0 fully saturated rings. The minimum Gasteiger partial charge on any atom is -0.355 e. The van der Waals surface area contributed by atoms with Gasteiger partial charge in [0.1, 0.15) is 0 Å². The fraction of sp³-hybridized carbons (Fsp3) is 0. The van der Waals surface area contributed by atoms with Gasteiger partial charge in [-0.25, -0.2) is 0 Å². The van der Waals surface area contributed by atoms with E-state index >= 15 is 0 Å². The normalized spacial score (nSPS) is 9.94. The van der Waals surface area contributed by atoms with Crippen LogP contribution in [0.15, 0.2) is 35.0 Å². The van der Waals surface area contributed by atoms with Crippen molar-refractivity contribution in [2.75, 3.05) is 10.7 Å². The molecule has 1 aromatic carbocycles. The molecular formula is C10H10N4O2S. The molecule has 0 amide bonds. The molecule has 0 aliphatic carbocycles. The molecule has 0 saturated heterocycles. The van der Waals surface area contributed by atoms with E-state index in [4.69, 9.17) is 5.84 Å². The molecular weight excluding hydrogens is 240 g/mol. The third kappa shape index (κ3) is 2.71. The number of nitrogens with two attached hydrogens (primary N) is 1. The molecule has 17 heavy (non-hydrogen) atoms. The van der Waals surface area contributed by atoms with Crippen LogP contribution in [-0.2, 0) is 0 Å². The predicted molar refractivity (Wildman–Crippen MR) is 68.5 cm³/mol. The highest BCUT2D eigenvalue weighted by molar-refractivity contribution is 7.08. The van der Waals surface area contributed by atoms with Gasteiger partial charge in [0.25, 0.3) is 5.69 Å². The summed E-state index contributed by atoms with van der Waals surface area (Å²) in [6, 6.07) is 6.42. The number of thiophene rings is 1. The van der Waals surface area contributed by atoms with Crippen molar-refractivity contribution in [3.05, 3.63) is 45.1 Å². The molecule has 0 aliphatic rings. The summed E-state index contributed by atoms with van der Waals surface area (Å²) in [7, 11) is 0. The lowest BCUT2D eigenvalue weighted by atomic mass is 10.2. The molecule has 0 bridgehead atoms. The van der Waals surface area contributed by atoms with Gasteiger partial charge in [0.2, 0.25) is 0 Å². The second kappa shape index (κ2) is 4.81. The van der Waals surface area contributed by atoms with E-state index in [1.807, 2.05) is 16.8 Å². The number of benzene rings is 1. The van der Waals surface area contributed by atoms with Crippen molar-refractivity contribution in [1.82, 2.24) is 0 Å². The van der Waals surface area contributed by atoms with Crippen LogP contribution >= 0.6 is 11.3 Å². The van der Waals surface area contributed by atoms with Crippen LogP contribution in [0.1, 0.15) is 0 Å². The lowest BCUT2D eigenvalue weighted by Gasteiger charge is -2.06. The van der Waals surface area contributed by atoms with Crippen LogP contribution in [0.2, 0.25) is 0 Å². The standard InChI is InChI=1S/C10H10N4O2S/c11-13-9-3-8(4-10(5-9)14(15)16)12-7-1-2-17-6-7/h1-6,12-13H,11H2. The molecule has 0 atom stereocenters. The first kappa shape index (κ1) is 11.4. The molecule has 2 aromatic rings. The van der Waals surface area contributed by atoms with E-state index in [0.717, 1.165) is 5.69 Å². The molecule has 6 nitrogen and oxygen atoms in total. The summed E-state index contributed by atoms with van der Waals surface area (Å²) in [6.45, 7) is 0. The zero-order chi connectivity index (χ0) is 12.3. The van der Waals surface area contributed by atoms with Gasteiger partial charge < -0.3 is 10.7 Å². The van der Waals surface area contributed by atoms with Crippen molar-refractivity contribution in [1.29, 1.82) is 0 Å². The SMILES string of the molecule is NNc1cc(Nc2ccsc2)cc([N+](=O)[O-])c1. The molecule has 0 unspecified atom stereocenters. The van der Waals surface area contributed by atoms with Gasteiger partial charge in [-0.05, 0) is 17.5 Å². The van der Waals surface area contributed by atoms with Gasteiger partial charge in [-0.15, -0.1) is 0 Å². The lowest BCUT2D eigenvalue weighted by Crippen LogP contribution is -2.07. The fourth-order valence-corrected chi connectivity index (χ4v) is 1.96. The Bertz CT molecular complexity index is 527. The Balaban J connectivity index is 2.33. The molecule has 0 aliphatic heterocycles. The first-order valence-electron chi connectivity index (χ1n) is 4.74. The number of nitro groups is 1. The van der Waals surface area contributed by atoms with E-state index in [1.54, 1.807) is 17.4 Å². The molecule has 4 N–H and O–H groups in total. The largest absolute Gasteiger partial charge is 0.355 e. The maximum atomic E-state index is 10.7. The Morgan fingerprint density at radius 3 is 2.59 bits per heavy atom. The number of nitrogens with one attached hydrogen (secondary N) is 2. The number of rotatable bonds is 4. The molecule has 88 valence electrons. The number of non-ortho nitro benzene ring substituents is 1. The molecule has 0 saturated carbocycles. The highest BCUT2D eigenvalue weighted by Gasteiger charge is 2.09. The third-order valence-corrected chi connectivity index (χ3v) is 2.79. The number of nitro benzene ring substituents is 1. The smallest absolute Gasteiger partial charge is 0.273 e. The van der Waals surface area contributed by atoms with E-state index in [0.29, 0.717) is 11.4 Å². The van der Waals surface area contributed by atoms with Crippen molar-refractivity contribution in [2.24, 2.45) is 5.84 Å². The Morgan fingerprint density at radius 2 is 2.00 bits per heavy atom. The monoisotopic (exact) mass is 250 g/mol. The predicted octanol–water partition coefficient (Wildman–Crippen LogP) is 2.69. The van der Waals surface area contributed by atoms with Crippen LogP contribution in [0.25, 0.3) is 0 Å². The van der Waals surface area contributed by atoms with Gasteiger partial charge in [0, 0.05) is 28.9 Å². The van der Waals surface area contributed by atoms with Crippen molar-refractivity contribution in [3.8, 4) is 0 Å². The van der Waals surface area contributed by atoms with Crippen LogP contribution in [0.3, 0.4) is 0 Å². The quantitative estimate of drug-likeness (QED) is 0.440. The van der Waals surface area contributed by atoms with E-state index in [1.165, 1.54) is 12.1 Å². The summed E-state index contributed by atoms with van der Waals surface area (Å²) >= 11 is 1.54. The van der Waals surface area contributed by atoms with Crippen LogP contribution in [0.4, 0.5) is 22.7 Å². The zero-order valence-corrected chi connectivity index (χ0v) is 9.53. The van der Waals surface area contributed by atoms with Crippen molar-refractivity contribution >= 4 is 34.1 Å². The van der Waals surface area contributed by atoms with Gasteiger partial charge in [0.05, 0.1) is 10.6 Å². The highest BCUT2D eigenvalue weighted by atomic mass is 32.1. The topological polar surface area (TPSA) is 93.2 Å². The van der Waals surface area contributed by atoms with Gasteiger partial charge in [0.15, 0.2) is 0 Å². The third-order valence-electron chi connectivity index (χ3n) is 2.11. The van der Waals surface area contributed by atoms with Crippen LogP contribution in [0.5, 0.6) is 0 Å². The molecule has 0 radical (unpaired) electrons. The van der Waals surface area contributed by atoms with Gasteiger partial charge in [-0.1, -0.05) is 0 Å². The second-order valence-electron chi connectivity index (χ2n) is 3.31. The molecule has 1 heterocycles. The summed E-state index contributed by atoms with van der Waals surface area (Å²) in [5.41, 5.74) is 4.37. The van der Waals surface area contributed by atoms with Gasteiger partial charge in [-0.2, -0.15) is 11.3 Å². The average molecular weight is 250 g/mol. The summed E-state index contributed by atoms with van der Waals surface area (Å²) in [5.74, 6) is 5.26. The van der Waals surface area contributed by atoms with Crippen LogP contribution in [-0.4, -0.2) is 4.92 Å². The van der Waals surface area contributed by atoms with Crippen LogP contribution < -0.4 is 16.6 Å². The molecule has 2 rings (SSSR count). The number of nitrogen functional groups attached to an aromatic ring is 1. The van der Waals surface area contributed by atoms with Crippen molar-refractivity contribution in [2.45, 2.75) is 0 Å². The lowest BCUT2D eigenvalue weighted by molar-refractivity contribution is -0.384. The van der Waals surface area contributed by atoms with Crippen LogP contribution in [0, 0.1) is 10.1 Å². The number of nitrogens with zero attached hydrogens (tertiary/aromatic N) is 1. The maximum Gasteiger partial charge on any atom is 0.273 e. The summed E-state index contributed by atoms with van der Waals surface area (Å²) in [5, 5.41) is 17.6. The Kier molecular flexibility index (Phi) is 3.22. The van der Waals surface area contributed by atoms with E-state index < -0.39 is 4.92 Å². The minimum atomic E-state index is -0.459.